The Labute approximate surface area is 274 Å². The number of ether oxygens (including phenoxy) is 1. The van der Waals surface area contributed by atoms with E-state index < -0.39 is 12.2 Å². The molecular weight excluding hydrogens is 606 g/mol. The van der Waals surface area contributed by atoms with E-state index in [-0.39, 0.29) is 24.1 Å². The van der Waals surface area contributed by atoms with Gasteiger partial charge in [0.2, 0.25) is 0 Å². The van der Waals surface area contributed by atoms with Crippen molar-refractivity contribution in [2.24, 2.45) is 0 Å². The number of nitrogens with two attached hydrogens (primary N) is 1. The summed E-state index contributed by atoms with van der Waals surface area (Å²) in [6.45, 7) is 5.70. The number of aromatic amines is 1. The number of anilines is 1. The van der Waals surface area contributed by atoms with Gasteiger partial charge in [-0.25, -0.2) is 9.59 Å². The lowest BCUT2D eigenvalue weighted by atomic mass is 10.0. The summed E-state index contributed by atoms with van der Waals surface area (Å²) in [6.07, 6.45) is 7.62. The van der Waals surface area contributed by atoms with Crippen LogP contribution in [-0.4, -0.2) is 113 Å². The number of carbonyl (C=O) groups is 2. The highest BCUT2D eigenvalue weighted by Gasteiger charge is 2.35. The van der Waals surface area contributed by atoms with Gasteiger partial charge in [-0.2, -0.15) is 0 Å². The van der Waals surface area contributed by atoms with Crippen LogP contribution in [0.5, 0.6) is 0 Å². The van der Waals surface area contributed by atoms with Gasteiger partial charge in [0.05, 0.1) is 21.7 Å². The van der Waals surface area contributed by atoms with Crippen LogP contribution in [0.4, 0.5) is 10.5 Å². The zero-order valence-corrected chi connectivity index (χ0v) is 27.0. The molecule has 0 radical (unpaired) electrons. The summed E-state index contributed by atoms with van der Waals surface area (Å²) < 4.78 is 7.78. The Hall–Kier alpha value is -3.98. The van der Waals surface area contributed by atoms with Crippen LogP contribution in [0.15, 0.2) is 41.2 Å². The molecule has 11 nitrogen and oxygen atoms in total. The number of nitrogens with one attached hydrogen (secondary N) is 1. The molecule has 6 rings (SSSR count). The highest BCUT2D eigenvalue weighted by Crippen LogP contribution is 2.28. The molecule has 3 aliphatic heterocycles. The van der Waals surface area contributed by atoms with Crippen LogP contribution in [0.25, 0.3) is 11.0 Å². The van der Waals surface area contributed by atoms with Crippen LogP contribution in [-0.2, 0) is 16.0 Å². The second-order valence-corrected chi connectivity index (χ2v) is 13.1. The average Bonchev–Trinajstić information content (AvgIpc) is 3.41. The third-order valence-corrected chi connectivity index (χ3v) is 10.1. The number of H-pyrrole nitrogens is 1. The van der Waals surface area contributed by atoms with Crippen LogP contribution in [0.3, 0.4) is 0 Å². The maximum atomic E-state index is 14.0. The van der Waals surface area contributed by atoms with Gasteiger partial charge in [0.25, 0.3) is 5.91 Å². The predicted molar refractivity (Wildman–Crippen MR) is 179 cm³/mol. The minimum atomic E-state index is -1.05. The molecule has 0 aliphatic carbocycles. The molecule has 1 aromatic heterocycles. The summed E-state index contributed by atoms with van der Waals surface area (Å²) in [5.41, 5.74) is 8.93. The van der Waals surface area contributed by atoms with Gasteiger partial charge in [0.1, 0.15) is 0 Å². The number of hydrogen-bond donors (Lipinski definition) is 2. The number of carbonyl (C=O) groups excluding carboxylic acids is 2. The number of halogens is 1. The van der Waals surface area contributed by atoms with E-state index in [1.807, 2.05) is 24.3 Å². The molecule has 3 fully saturated rings. The average molecular weight is 648 g/mol. The number of para-hydroxylation sites is 2. The molecule has 244 valence electrons. The number of fused-ring (bicyclic) bond motifs is 1. The Kier molecular flexibility index (Phi) is 9.59. The van der Waals surface area contributed by atoms with Crippen molar-refractivity contribution >= 4 is 40.3 Å². The topological polar surface area (TPSA) is 120 Å². The molecule has 3 aliphatic rings. The zero-order valence-electron chi connectivity index (χ0n) is 26.3. The van der Waals surface area contributed by atoms with Crippen LogP contribution in [0.2, 0.25) is 5.02 Å². The molecule has 0 bridgehead atoms. The van der Waals surface area contributed by atoms with E-state index in [4.69, 9.17) is 28.5 Å². The van der Waals surface area contributed by atoms with Crippen molar-refractivity contribution in [3.05, 3.63) is 63.0 Å². The molecule has 1 atom stereocenters. The number of benzene rings is 2. The first-order chi connectivity index (χ1) is 22.2. The molecule has 4 heterocycles. The SMILES string of the molecule is C#Cc1cc(C[C@@H](OC(=O)N2CCC(n3c(=O)[nH]c4ccccc43)CC2)C(=O)N2CCN(C3CCN(C)CC3)CC2)cc(Cl)c1N. The van der Waals surface area contributed by atoms with Gasteiger partial charge in [0.15, 0.2) is 6.10 Å². The molecule has 3 saturated heterocycles. The van der Waals surface area contributed by atoms with Gasteiger partial charge in [-0.05, 0) is 75.6 Å². The third kappa shape index (κ3) is 6.75. The summed E-state index contributed by atoms with van der Waals surface area (Å²) >= 11 is 6.37. The molecule has 3 N–H and O–H groups in total. The van der Waals surface area contributed by atoms with Crippen molar-refractivity contribution in [1.82, 2.24) is 29.2 Å². The van der Waals surface area contributed by atoms with E-state index in [0.717, 1.165) is 50.1 Å². The quantitative estimate of drug-likeness (QED) is 0.312. The molecule has 3 aromatic rings. The minimum Gasteiger partial charge on any atom is -0.436 e. The first kappa shape index (κ1) is 32.0. The molecule has 2 aromatic carbocycles. The molecule has 0 saturated carbocycles. The van der Waals surface area contributed by atoms with Crippen LogP contribution < -0.4 is 11.4 Å². The number of terminal acetylenes is 1. The van der Waals surface area contributed by atoms with Gasteiger partial charge in [-0.3, -0.25) is 14.3 Å². The van der Waals surface area contributed by atoms with Crippen molar-refractivity contribution in [2.45, 2.75) is 50.3 Å². The van der Waals surface area contributed by atoms with E-state index in [0.29, 0.717) is 66.9 Å². The first-order valence-corrected chi connectivity index (χ1v) is 16.5. The molecule has 0 spiro atoms. The van der Waals surface area contributed by atoms with Crippen molar-refractivity contribution in [3.63, 3.8) is 0 Å². The standard InChI is InChI=1S/C34H42ClN7O4/c1-3-24-20-23(21-27(35)31(24)36)22-30(32(43)40-18-16-39(17-19-40)25-8-12-38(2)13-9-25)46-34(45)41-14-10-26(11-15-41)42-29-7-5-4-6-28(29)37-33(42)44/h1,4-7,20-21,25-26,30H,8-19,22,36H2,2H3,(H,37,44)/t30-/m1/s1. The highest BCUT2D eigenvalue weighted by molar-refractivity contribution is 6.33. The van der Waals surface area contributed by atoms with Crippen molar-refractivity contribution in [2.75, 3.05) is 65.1 Å². The Morgan fingerprint density at radius 2 is 1.67 bits per heavy atom. The fourth-order valence-corrected chi connectivity index (χ4v) is 7.36. The fourth-order valence-electron chi connectivity index (χ4n) is 7.12. The Morgan fingerprint density at radius 3 is 2.37 bits per heavy atom. The second-order valence-electron chi connectivity index (χ2n) is 12.7. The molecule has 46 heavy (non-hydrogen) atoms. The Balaban J connectivity index is 1.14. The summed E-state index contributed by atoms with van der Waals surface area (Å²) in [7, 11) is 2.16. The summed E-state index contributed by atoms with van der Waals surface area (Å²) in [5.74, 6) is 2.32. The number of likely N-dealkylation sites (tertiary alicyclic amines) is 2. The predicted octanol–water partition coefficient (Wildman–Crippen LogP) is 3.17. The number of amides is 2. The Morgan fingerprint density at radius 1 is 1.00 bits per heavy atom. The fraction of sp³-hybridized carbons (Fsp3) is 0.500. The van der Waals surface area contributed by atoms with Crippen molar-refractivity contribution in [1.29, 1.82) is 0 Å². The minimum absolute atomic E-state index is 0.0508. The monoisotopic (exact) mass is 647 g/mol. The molecule has 2 amide bonds. The van der Waals surface area contributed by atoms with Gasteiger partial charge >= 0.3 is 11.8 Å². The van der Waals surface area contributed by atoms with Crippen LogP contribution in [0.1, 0.15) is 42.9 Å². The number of nitrogens with zero attached hydrogens (tertiary/aromatic N) is 5. The maximum Gasteiger partial charge on any atom is 0.410 e. The number of piperidine rings is 2. The van der Waals surface area contributed by atoms with Gasteiger partial charge in [0, 0.05) is 63.3 Å². The van der Waals surface area contributed by atoms with Gasteiger partial charge < -0.3 is 30.2 Å². The lowest BCUT2D eigenvalue weighted by molar-refractivity contribution is -0.143. The smallest absolute Gasteiger partial charge is 0.410 e. The summed E-state index contributed by atoms with van der Waals surface area (Å²) in [6, 6.07) is 11.5. The zero-order chi connectivity index (χ0) is 32.4. The van der Waals surface area contributed by atoms with E-state index in [9.17, 15) is 14.4 Å². The largest absolute Gasteiger partial charge is 0.436 e. The van der Waals surface area contributed by atoms with Crippen LogP contribution in [0, 0.1) is 12.3 Å². The Bertz CT molecular complexity index is 1670. The maximum absolute atomic E-state index is 14.0. The number of hydrogen-bond acceptors (Lipinski definition) is 7. The third-order valence-electron chi connectivity index (χ3n) is 9.83. The second kappa shape index (κ2) is 13.8. The van der Waals surface area contributed by atoms with E-state index in [1.165, 1.54) is 0 Å². The van der Waals surface area contributed by atoms with E-state index in [2.05, 4.69) is 27.8 Å². The number of aromatic nitrogens is 2. The number of rotatable bonds is 6. The number of nitrogen functional groups attached to an aromatic ring is 1. The molecule has 12 heteroatoms. The lowest BCUT2D eigenvalue weighted by Crippen LogP contribution is -2.56. The van der Waals surface area contributed by atoms with E-state index in [1.54, 1.807) is 26.5 Å². The van der Waals surface area contributed by atoms with Gasteiger partial charge in [-0.1, -0.05) is 29.7 Å². The highest BCUT2D eigenvalue weighted by atomic mass is 35.5. The van der Waals surface area contributed by atoms with Crippen molar-refractivity contribution in [3.8, 4) is 12.3 Å². The first-order valence-electron chi connectivity index (χ1n) is 16.1. The van der Waals surface area contributed by atoms with Crippen LogP contribution >= 0.6 is 11.6 Å². The number of piperazine rings is 1. The lowest BCUT2D eigenvalue weighted by Gasteiger charge is -2.42. The summed E-state index contributed by atoms with van der Waals surface area (Å²) in [5, 5.41) is 0.296. The van der Waals surface area contributed by atoms with Crippen molar-refractivity contribution < 1.29 is 14.3 Å². The molecular formula is C34H42ClN7O4. The van der Waals surface area contributed by atoms with Gasteiger partial charge in [-0.15, -0.1) is 6.42 Å². The molecule has 0 unspecified atom stereocenters. The number of imidazole rings is 1. The summed E-state index contributed by atoms with van der Waals surface area (Å²) in [4.78, 5) is 51.5. The normalized spacial score (nSPS) is 19.7. The van der Waals surface area contributed by atoms with E-state index >= 15 is 0 Å².